The highest BCUT2D eigenvalue weighted by Crippen LogP contribution is 2.36. The molecule has 0 aliphatic carbocycles. The van der Waals surface area contributed by atoms with Crippen molar-refractivity contribution in [2.45, 2.75) is 20.4 Å². The molecule has 0 fully saturated rings. The van der Waals surface area contributed by atoms with Gasteiger partial charge in [0.1, 0.15) is 4.70 Å². The Hall–Kier alpha value is -3.19. The summed E-state index contributed by atoms with van der Waals surface area (Å²) in [6.45, 7) is 5.46. The number of hydrogen-bond acceptors (Lipinski definition) is 6. The number of fused-ring (bicyclic) bond motifs is 1. The Morgan fingerprint density at radius 2 is 1.79 bits per heavy atom. The molecule has 0 aliphatic heterocycles. The predicted molar refractivity (Wildman–Crippen MR) is 115 cm³/mol. The van der Waals surface area contributed by atoms with Crippen LogP contribution in [0.1, 0.15) is 19.4 Å². The standard InChI is InChI=1S/C22H21N3O3S/c1-3-27-18-6-5-16(11-19(18)28-4-2)17-13-29-21-20(17)24-14-25(22(21)26)12-15-7-9-23-10-8-15/h5-11,13-14H,3-4,12H2,1-2H3. The van der Waals surface area contributed by atoms with E-state index >= 15 is 0 Å². The molecule has 0 atom stereocenters. The van der Waals surface area contributed by atoms with Gasteiger partial charge in [-0.05, 0) is 49.2 Å². The van der Waals surface area contributed by atoms with Gasteiger partial charge < -0.3 is 9.47 Å². The third-order valence-electron chi connectivity index (χ3n) is 4.50. The van der Waals surface area contributed by atoms with Crippen LogP contribution in [0, 0.1) is 0 Å². The average molecular weight is 407 g/mol. The number of rotatable bonds is 7. The molecule has 6 nitrogen and oxygen atoms in total. The van der Waals surface area contributed by atoms with Gasteiger partial charge in [-0.15, -0.1) is 11.3 Å². The summed E-state index contributed by atoms with van der Waals surface area (Å²) in [4.78, 5) is 21.6. The van der Waals surface area contributed by atoms with E-state index < -0.39 is 0 Å². The first-order valence-electron chi connectivity index (χ1n) is 9.46. The Morgan fingerprint density at radius 3 is 2.55 bits per heavy atom. The van der Waals surface area contributed by atoms with Crippen LogP contribution in [0.15, 0.2) is 59.2 Å². The normalized spacial score (nSPS) is 11.0. The van der Waals surface area contributed by atoms with E-state index in [1.807, 2.05) is 49.6 Å². The Kier molecular flexibility index (Phi) is 5.57. The number of benzene rings is 1. The van der Waals surface area contributed by atoms with Crippen molar-refractivity contribution >= 4 is 21.6 Å². The lowest BCUT2D eigenvalue weighted by Gasteiger charge is -2.12. The molecule has 0 N–H and O–H groups in total. The lowest BCUT2D eigenvalue weighted by atomic mass is 10.1. The van der Waals surface area contributed by atoms with E-state index in [2.05, 4.69) is 9.97 Å². The first-order valence-corrected chi connectivity index (χ1v) is 10.3. The molecule has 0 spiro atoms. The maximum Gasteiger partial charge on any atom is 0.271 e. The van der Waals surface area contributed by atoms with E-state index in [-0.39, 0.29) is 5.56 Å². The number of ether oxygens (including phenoxy) is 2. The minimum atomic E-state index is -0.0426. The van der Waals surface area contributed by atoms with Crippen molar-refractivity contribution in [1.82, 2.24) is 14.5 Å². The summed E-state index contributed by atoms with van der Waals surface area (Å²) in [6.07, 6.45) is 5.05. The third kappa shape index (κ3) is 3.86. The zero-order valence-electron chi connectivity index (χ0n) is 16.3. The molecule has 7 heteroatoms. The molecule has 0 radical (unpaired) electrons. The quantitative estimate of drug-likeness (QED) is 0.455. The van der Waals surface area contributed by atoms with Gasteiger partial charge in [-0.3, -0.25) is 14.3 Å². The Labute approximate surface area is 172 Å². The monoisotopic (exact) mass is 407 g/mol. The van der Waals surface area contributed by atoms with Gasteiger partial charge in [-0.1, -0.05) is 6.07 Å². The Balaban J connectivity index is 1.73. The van der Waals surface area contributed by atoms with E-state index in [0.29, 0.717) is 41.5 Å². The average Bonchev–Trinajstić information content (AvgIpc) is 3.17. The van der Waals surface area contributed by atoms with Crippen LogP contribution in [0.25, 0.3) is 21.3 Å². The molecule has 0 aliphatic rings. The lowest BCUT2D eigenvalue weighted by molar-refractivity contribution is 0.288. The molecule has 148 valence electrons. The van der Waals surface area contributed by atoms with Crippen molar-refractivity contribution in [3.8, 4) is 22.6 Å². The van der Waals surface area contributed by atoms with E-state index in [0.717, 1.165) is 16.7 Å². The summed E-state index contributed by atoms with van der Waals surface area (Å²) < 4.78 is 13.7. The summed E-state index contributed by atoms with van der Waals surface area (Å²) in [5.74, 6) is 1.41. The lowest BCUT2D eigenvalue weighted by Crippen LogP contribution is -2.20. The highest BCUT2D eigenvalue weighted by molar-refractivity contribution is 7.17. The number of aromatic nitrogens is 3. The largest absolute Gasteiger partial charge is 0.490 e. The van der Waals surface area contributed by atoms with Crippen LogP contribution in [0.2, 0.25) is 0 Å². The topological polar surface area (TPSA) is 66.2 Å². The minimum Gasteiger partial charge on any atom is -0.490 e. The molecular weight excluding hydrogens is 386 g/mol. The van der Waals surface area contributed by atoms with Gasteiger partial charge in [0, 0.05) is 23.3 Å². The van der Waals surface area contributed by atoms with Gasteiger partial charge in [-0.2, -0.15) is 0 Å². The molecule has 4 aromatic rings. The highest BCUT2D eigenvalue weighted by Gasteiger charge is 2.15. The molecule has 29 heavy (non-hydrogen) atoms. The number of pyridine rings is 1. The molecular formula is C22H21N3O3S. The van der Waals surface area contributed by atoms with Gasteiger partial charge in [0.05, 0.1) is 31.6 Å². The van der Waals surface area contributed by atoms with Crippen LogP contribution in [0.5, 0.6) is 11.5 Å². The third-order valence-corrected chi connectivity index (χ3v) is 5.46. The van der Waals surface area contributed by atoms with E-state index in [4.69, 9.17) is 9.47 Å². The predicted octanol–water partition coefficient (Wildman–Crippen LogP) is 4.37. The van der Waals surface area contributed by atoms with Crippen molar-refractivity contribution in [3.63, 3.8) is 0 Å². The van der Waals surface area contributed by atoms with Crippen LogP contribution in [0.4, 0.5) is 0 Å². The Morgan fingerprint density at radius 1 is 1.03 bits per heavy atom. The van der Waals surface area contributed by atoms with E-state index in [9.17, 15) is 4.79 Å². The molecule has 3 heterocycles. The maximum atomic E-state index is 13.0. The van der Waals surface area contributed by atoms with Crippen LogP contribution in [-0.4, -0.2) is 27.7 Å². The fourth-order valence-corrected chi connectivity index (χ4v) is 4.14. The summed E-state index contributed by atoms with van der Waals surface area (Å²) in [6, 6.07) is 9.61. The SMILES string of the molecule is CCOc1ccc(-c2csc3c(=O)n(Cc4ccncc4)cnc23)cc1OCC. The minimum absolute atomic E-state index is 0.0426. The second-order valence-electron chi connectivity index (χ2n) is 6.39. The van der Waals surface area contributed by atoms with Gasteiger partial charge in [0.25, 0.3) is 5.56 Å². The second kappa shape index (κ2) is 8.45. The van der Waals surface area contributed by atoms with E-state index in [1.165, 1.54) is 11.3 Å². The maximum absolute atomic E-state index is 13.0. The molecule has 0 saturated carbocycles. The first-order chi connectivity index (χ1) is 14.2. The van der Waals surface area contributed by atoms with Crippen LogP contribution in [-0.2, 0) is 6.54 Å². The van der Waals surface area contributed by atoms with Crippen molar-refractivity contribution in [2.75, 3.05) is 13.2 Å². The van der Waals surface area contributed by atoms with Crippen molar-refractivity contribution < 1.29 is 9.47 Å². The second-order valence-corrected chi connectivity index (χ2v) is 7.27. The fourth-order valence-electron chi connectivity index (χ4n) is 3.16. The number of thiophene rings is 1. The Bertz CT molecular complexity index is 1190. The zero-order chi connectivity index (χ0) is 20.2. The molecule has 0 amide bonds. The molecule has 3 aromatic heterocycles. The van der Waals surface area contributed by atoms with E-state index in [1.54, 1.807) is 23.3 Å². The molecule has 0 unspecified atom stereocenters. The number of hydrogen-bond donors (Lipinski definition) is 0. The van der Waals surface area contributed by atoms with Crippen molar-refractivity contribution in [1.29, 1.82) is 0 Å². The van der Waals surface area contributed by atoms with Crippen molar-refractivity contribution in [2.24, 2.45) is 0 Å². The first kappa shape index (κ1) is 19.1. The fraction of sp³-hybridized carbons (Fsp3) is 0.227. The van der Waals surface area contributed by atoms with Crippen LogP contribution in [0.3, 0.4) is 0 Å². The summed E-state index contributed by atoms with van der Waals surface area (Å²) in [5, 5.41) is 1.97. The van der Waals surface area contributed by atoms with Crippen LogP contribution < -0.4 is 15.0 Å². The molecule has 0 saturated heterocycles. The summed E-state index contributed by atoms with van der Waals surface area (Å²) in [7, 11) is 0. The van der Waals surface area contributed by atoms with Gasteiger partial charge >= 0.3 is 0 Å². The van der Waals surface area contributed by atoms with Gasteiger partial charge in [0.2, 0.25) is 0 Å². The van der Waals surface area contributed by atoms with Gasteiger partial charge in [-0.25, -0.2) is 4.98 Å². The smallest absolute Gasteiger partial charge is 0.271 e. The highest BCUT2D eigenvalue weighted by atomic mass is 32.1. The van der Waals surface area contributed by atoms with Crippen LogP contribution >= 0.6 is 11.3 Å². The van der Waals surface area contributed by atoms with Crippen molar-refractivity contribution in [3.05, 3.63) is 70.4 Å². The summed E-state index contributed by atoms with van der Waals surface area (Å²) >= 11 is 1.41. The number of nitrogens with zero attached hydrogens (tertiary/aromatic N) is 3. The molecule has 0 bridgehead atoms. The molecule has 4 rings (SSSR count). The zero-order valence-corrected chi connectivity index (χ0v) is 17.1. The van der Waals surface area contributed by atoms with Gasteiger partial charge in [0.15, 0.2) is 11.5 Å². The molecule has 1 aromatic carbocycles. The summed E-state index contributed by atoms with van der Waals surface area (Å²) in [5.41, 5.74) is 3.54.